The lowest BCUT2D eigenvalue weighted by Crippen LogP contribution is -2.50. The Hall–Kier alpha value is -0.0800. The number of piperidine rings is 1. The summed E-state index contributed by atoms with van der Waals surface area (Å²) < 4.78 is 0. The van der Waals surface area contributed by atoms with E-state index < -0.39 is 0 Å². The first kappa shape index (κ1) is 13.4. The minimum Gasteiger partial charge on any atom is -0.314 e. The largest absolute Gasteiger partial charge is 0.314 e. The minimum atomic E-state index is 0.783. The fourth-order valence-corrected chi connectivity index (χ4v) is 3.85. The van der Waals surface area contributed by atoms with Gasteiger partial charge in [0.15, 0.2) is 0 Å². The van der Waals surface area contributed by atoms with Crippen LogP contribution in [0, 0.1) is 5.92 Å². The number of hydrogen-bond donors (Lipinski definition) is 1. The van der Waals surface area contributed by atoms with Gasteiger partial charge in [-0.3, -0.25) is 0 Å². The first-order valence-corrected chi connectivity index (χ1v) is 7.80. The highest BCUT2D eigenvalue weighted by Crippen LogP contribution is 2.30. The van der Waals surface area contributed by atoms with Crippen LogP contribution in [0.15, 0.2) is 0 Å². The van der Waals surface area contributed by atoms with Crippen molar-refractivity contribution >= 4 is 0 Å². The summed E-state index contributed by atoms with van der Waals surface area (Å²) in [6, 6.07) is 1.57. The van der Waals surface area contributed by atoms with Crippen LogP contribution >= 0.6 is 0 Å². The third-order valence-electron chi connectivity index (χ3n) is 4.87. The molecule has 1 heterocycles. The molecular weight excluding hydrogens is 208 g/mol. The van der Waals surface area contributed by atoms with E-state index in [-0.39, 0.29) is 0 Å². The lowest BCUT2D eigenvalue weighted by molar-refractivity contribution is 0.0887. The van der Waals surface area contributed by atoms with Crippen LogP contribution in [0.1, 0.15) is 58.8 Å². The highest BCUT2D eigenvalue weighted by Gasteiger charge is 2.32. The molecule has 1 saturated heterocycles. The fourth-order valence-electron chi connectivity index (χ4n) is 3.85. The molecule has 0 radical (unpaired) electrons. The summed E-state index contributed by atoms with van der Waals surface area (Å²) in [6.45, 7) is 8.55. The van der Waals surface area contributed by atoms with E-state index in [1.807, 2.05) is 0 Å². The lowest BCUT2D eigenvalue weighted by atomic mass is 9.79. The molecule has 1 N–H and O–H groups in total. The Bertz CT molecular complexity index is 209. The predicted molar refractivity (Wildman–Crippen MR) is 74.3 cm³/mol. The molecule has 3 atom stereocenters. The van der Waals surface area contributed by atoms with E-state index in [0.29, 0.717) is 0 Å². The van der Waals surface area contributed by atoms with E-state index in [0.717, 1.165) is 24.5 Å². The fraction of sp³-hybridized carbons (Fsp3) is 1.00. The summed E-state index contributed by atoms with van der Waals surface area (Å²) in [5.41, 5.74) is 0. The van der Waals surface area contributed by atoms with Gasteiger partial charge in [0.1, 0.15) is 0 Å². The Kier molecular flexibility index (Phi) is 5.30. The Balaban J connectivity index is 1.92. The quantitative estimate of drug-likeness (QED) is 0.810. The van der Waals surface area contributed by atoms with Gasteiger partial charge >= 0.3 is 0 Å². The van der Waals surface area contributed by atoms with E-state index in [2.05, 4.69) is 24.1 Å². The SMILES string of the molecule is CCNC1CCCCC1C(C)N1CCCCC1. The summed E-state index contributed by atoms with van der Waals surface area (Å²) in [5, 5.41) is 3.73. The molecule has 2 rings (SSSR count). The van der Waals surface area contributed by atoms with E-state index in [9.17, 15) is 0 Å². The highest BCUT2D eigenvalue weighted by molar-refractivity contribution is 4.88. The van der Waals surface area contributed by atoms with Crippen molar-refractivity contribution in [1.82, 2.24) is 10.2 Å². The van der Waals surface area contributed by atoms with E-state index in [1.165, 1.54) is 58.0 Å². The topological polar surface area (TPSA) is 15.3 Å². The molecule has 0 amide bonds. The maximum Gasteiger partial charge on any atom is 0.0110 e. The minimum absolute atomic E-state index is 0.783. The smallest absolute Gasteiger partial charge is 0.0110 e. The molecular formula is C15H30N2. The molecule has 100 valence electrons. The van der Waals surface area contributed by atoms with Crippen LogP contribution in [0.5, 0.6) is 0 Å². The Morgan fingerprint density at radius 1 is 1.06 bits per heavy atom. The van der Waals surface area contributed by atoms with Crippen LogP contribution < -0.4 is 5.32 Å². The summed E-state index contributed by atoms with van der Waals surface area (Å²) >= 11 is 0. The molecule has 0 aromatic carbocycles. The van der Waals surface area contributed by atoms with Gasteiger partial charge in [-0.25, -0.2) is 0 Å². The Morgan fingerprint density at radius 3 is 2.47 bits per heavy atom. The maximum absolute atomic E-state index is 3.73. The van der Waals surface area contributed by atoms with Gasteiger partial charge in [-0.2, -0.15) is 0 Å². The number of rotatable bonds is 4. The van der Waals surface area contributed by atoms with Crippen molar-refractivity contribution in [2.45, 2.75) is 70.9 Å². The molecule has 2 aliphatic rings. The van der Waals surface area contributed by atoms with E-state index >= 15 is 0 Å². The van der Waals surface area contributed by atoms with Gasteiger partial charge in [-0.1, -0.05) is 26.2 Å². The van der Waals surface area contributed by atoms with Crippen LogP contribution in [0.25, 0.3) is 0 Å². The predicted octanol–water partition coefficient (Wildman–Crippen LogP) is 3.03. The normalized spacial score (nSPS) is 33.5. The van der Waals surface area contributed by atoms with Crippen LogP contribution in [-0.4, -0.2) is 36.6 Å². The van der Waals surface area contributed by atoms with Crippen LogP contribution in [0.2, 0.25) is 0 Å². The van der Waals surface area contributed by atoms with Gasteiger partial charge in [0.25, 0.3) is 0 Å². The maximum atomic E-state index is 3.73. The van der Waals surface area contributed by atoms with Gasteiger partial charge in [-0.05, 0) is 58.2 Å². The molecule has 17 heavy (non-hydrogen) atoms. The Morgan fingerprint density at radius 2 is 1.76 bits per heavy atom. The van der Waals surface area contributed by atoms with Gasteiger partial charge < -0.3 is 10.2 Å². The number of nitrogens with one attached hydrogen (secondary N) is 1. The molecule has 0 aromatic heterocycles. The van der Waals surface area contributed by atoms with Crippen molar-refractivity contribution in [1.29, 1.82) is 0 Å². The molecule has 2 nitrogen and oxygen atoms in total. The second-order valence-corrected chi connectivity index (χ2v) is 5.95. The Labute approximate surface area is 107 Å². The molecule has 0 spiro atoms. The average molecular weight is 238 g/mol. The molecule has 2 heteroatoms. The molecule has 0 bridgehead atoms. The highest BCUT2D eigenvalue weighted by atomic mass is 15.2. The molecule has 1 saturated carbocycles. The molecule has 2 fully saturated rings. The summed E-state index contributed by atoms with van der Waals surface area (Å²) in [5.74, 6) is 0.891. The summed E-state index contributed by atoms with van der Waals surface area (Å²) in [7, 11) is 0. The zero-order valence-corrected chi connectivity index (χ0v) is 11.8. The van der Waals surface area contributed by atoms with Gasteiger partial charge in [0, 0.05) is 12.1 Å². The van der Waals surface area contributed by atoms with Crippen molar-refractivity contribution in [2.75, 3.05) is 19.6 Å². The second kappa shape index (κ2) is 6.75. The third-order valence-corrected chi connectivity index (χ3v) is 4.87. The number of likely N-dealkylation sites (tertiary alicyclic amines) is 1. The number of nitrogens with zero attached hydrogens (tertiary/aromatic N) is 1. The molecule has 1 aliphatic heterocycles. The molecule has 0 aromatic rings. The first-order valence-electron chi connectivity index (χ1n) is 7.80. The number of hydrogen-bond acceptors (Lipinski definition) is 2. The van der Waals surface area contributed by atoms with Crippen molar-refractivity contribution in [2.24, 2.45) is 5.92 Å². The second-order valence-electron chi connectivity index (χ2n) is 5.95. The van der Waals surface area contributed by atoms with E-state index in [1.54, 1.807) is 0 Å². The zero-order chi connectivity index (χ0) is 12.1. The van der Waals surface area contributed by atoms with Crippen LogP contribution in [0.4, 0.5) is 0 Å². The van der Waals surface area contributed by atoms with Crippen LogP contribution in [0.3, 0.4) is 0 Å². The van der Waals surface area contributed by atoms with Crippen molar-refractivity contribution in [3.05, 3.63) is 0 Å². The molecule has 3 unspecified atom stereocenters. The summed E-state index contributed by atoms with van der Waals surface area (Å²) in [6.07, 6.45) is 10.0. The monoisotopic (exact) mass is 238 g/mol. The van der Waals surface area contributed by atoms with Crippen molar-refractivity contribution in [3.8, 4) is 0 Å². The van der Waals surface area contributed by atoms with Crippen molar-refractivity contribution < 1.29 is 0 Å². The van der Waals surface area contributed by atoms with E-state index in [4.69, 9.17) is 0 Å². The standard InChI is InChI=1S/C15H30N2/c1-3-16-15-10-6-5-9-14(15)13(2)17-11-7-4-8-12-17/h13-16H,3-12H2,1-2H3. The van der Waals surface area contributed by atoms with Gasteiger partial charge in [0.05, 0.1) is 0 Å². The van der Waals surface area contributed by atoms with Gasteiger partial charge in [0.2, 0.25) is 0 Å². The third kappa shape index (κ3) is 3.45. The summed E-state index contributed by atoms with van der Waals surface area (Å²) in [4.78, 5) is 2.75. The lowest BCUT2D eigenvalue weighted by Gasteiger charge is -2.42. The van der Waals surface area contributed by atoms with Crippen molar-refractivity contribution in [3.63, 3.8) is 0 Å². The van der Waals surface area contributed by atoms with Crippen LogP contribution in [-0.2, 0) is 0 Å². The first-order chi connectivity index (χ1) is 8.33. The average Bonchev–Trinajstić information content (AvgIpc) is 2.40. The van der Waals surface area contributed by atoms with Gasteiger partial charge in [-0.15, -0.1) is 0 Å². The molecule has 1 aliphatic carbocycles. The zero-order valence-electron chi connectivity index (χ0n) is 11.8.